The number of hydrogen-bond donors (Lipinski definition) is 0. The largest absolute Gasteiger partial charge is 0.510 e. The number of para-hydroxylation sites is 2. The van der Waals surface area contributed by atoms with Gasteiger partial charge in [0.1, 0.15) is 11.9 Å². The Balaban J connectivity index is 0.00000694. The molecule has 2 atom stereocenters. The molecular weight excluding hydrogens is 1080 g/mol. The van der Waals surface area contributed by atoms with Gasteiger partial charge in [0, 0.05) is 50.2 Å². The molecule has 3 aliphatic rings. The Morgan fingerprint density at radius 1 is 0.608 bits per heavy atom. The summed E-state index contributed by atoms with van der Waals surface area (Å²) in [7, 11) is 0. The summed E-state index contributed by atoms with van der Waals surface area (Å²) in [5.41, 5.74) is 10.1. The van der Waals surface area contributed by atoms with Crippen molar-refractivity contribution in [3.05, 3.63) is 246 Å². The van der Waals surface area contributed by atoms with Gasteiger partial charge in [-0.1, -0.05) is 198 Å². The van der Waals surface area contributed by atoms with E-state index in [0.29, 0.717) is 45.3 Å². The van der Waals surface area contributed by atoms with Crippen LogP contribution >= 0.6 is 0 Å². The predicted octanol–water partition coefficient (Wildman–Crippen LogP) is 16.7. The molecular formula is C68H54N4OPt-2. The molecule has 364 valence electrons. The summed E-state index contributed by atoms with van der Waals surface area (Å²) in [4.78, 5) is 6.69. The number of pyridine rings is 1. The van der Waals surface area contributed by atoms with Crippen LogP contribution < -0.4 is 9.64 Å². The van der Waals surface area contributed by atoms with E-state index in [1.807, 2.05) is 94.6 Å². The smallest absolute Gasteiger partial charge is 0.243 e. The summed E-state index contributed by atoms with van der Waals surface area (Å²) in [6.45, 7) is 13.0. The Bertz CT molecular complexity index is 4490. The Labute approximate surface area is 462 Å². The van der Waals surface area contributed by atoms with Crippen molar-refractivity contribution in [3.8, 4) is 50.7 Å². The molecule has 8 aromatic carbocycles. The summed E-state index contributed by atoms with van der Waals surface area (Å²) in [6, 6.07) is 43.9. The average molecular weight is 1150 g/mol. The van der Waals surface area contributed by atoms with Gasteiger partial charge in [-0.2, -0.15) is 18.2 Å². The van der Waals surface area contributed by atoms with Crippen molar-refractivity contribution >= 4 is 45.1 Å². The second-order valence-electron chi connectivity index (χ2n) is 20.9. The quantitative estimate of drug-likeness (QED) is 0.123. The van der Waals surface area contributed by atoms with Crippen molar-refractivity contribution in [2.24, 2.45) is 0 Å². The van der Waals surface area contributed by atoms with Crippen LogP contribution in [0, 0.1) is 12.1 Å². The maximum absolute atomic E-state index is 9.41. The second kappa shape index (κ2) is 18.3. The fourth-order valence-electron chi connectivity index (χ4n) is 10.7. The minimum atomic E-state index is -0.716. The van der Waals surface area contributed by atoms with Gasteiger partial charge in [-0.05, 0) is 102 Å². The third kappa shape index (κ3) is 8.06. The molecule has 0 N–H and O–H groups in total. The third-order valence-electron chi connectivity index (χ3n) is 14.3. The van der Waals surface area contributed by atoms with Crippen molar-refractivity contribution < 1.29 is 44.1 Å². The van der Waals surface area contributed by atoms with E-state index in [1.54, 1.807) is 12.1 Å². The van der Waals surface area contributed by atoms with Gasteiger partial charge in [0.15, 0.2) is 0 Å². The van der Waals surface area contributed by atoms with Gasteiger partial charge in [0.05, 0.1) is 25.1 Å². The summed E-state index contributed by atoms with van der Waals surface area (Å²) in [5.74, 6) is 0.865. The molecule has 0 saturated heterocycles. The van der Waals surface area contributed by atoms with Crippen LogP contribution in [0.4, 0.5) is 11.4 Å². The number of nitrogens with zero attached hydrogens (tertiary/aromatic N) is 4. The number of ether oxygens (including phenoxy) is 1. The molecule has 1 aliphatic carbocycles. The predicted molar refractivity (Wildman–Crippen MR) is 299 cm³/mol. The summed E-state index contributed by atoms with van der Waals surface area (Å²) in [6.07, 6.45) is 9.37. The van der Waals surface area contributed by atoms with E-state index in [1.165, 1.54) is 0 Å². The van der Waals surface area contributed by atoms with E-state index in [4.69, 9.17) is 17.9 Å². The number of rotatable bonds is 6. The van der Waals surface area contributed by atoms with Gasteiger partial charge >= 0.3 is 0 Å². The van der Waals surface area contributed by atoms with E-state index in [-0.39, 0.29) is 67.2 Å². The van der Waals surface area contributed by atoms with Gasteiger partial charge in [0.25, 0.3) is 0 Å². The Morgan fingerprint density at radius 3 is 2.09 bits per heavy atom. The molecule has 2 aliphatic heterocycles. The Morgan fingerprint density at radius 2 is 1.30 bits per heavy atom. The first-order valence-corrected chi connectivity index (χ1v) is 24.5. The number of fused-ring (bicyclic) bond motifs is 10. The molecule has 0 saturated carbocycles. The summed E-state index contributed by atoms with van der Waals surface area (Å²) >= 11 is 0. The van der Waals surface area contributed by atoms with Crippen LogP contribution in [0.15, 0.2) is 212 Å². The van der Waals surface area contributed by atoms with Crippen molar-refractivity contribution in [2.75, 3.05) is 4.90 Å². The first-order valence-electron chi connectivity index (χ1n) is 29.5. The maximum atomic E-state index is 9.41. The summed E-state index contributed by atoms with van der Waals surface area (Å²) in [5, 5.41) is 2.01. The van der Waals surface area contributed by atoms with E-state index in [2.05, 4.69) is 113 Å². The first kappa shape index (κ1) is 37.0. The van der Waals surface area contributed by atoms with Crippen LogP contribution in [0.3, 0.4) is 0 Å². The normalized spacial score (nSPS) is 17.7. The topological polar surface area (TPSA) is 33.3 Å². The molecule has 4 heterocycles. The number of benzene rings is 8. The molecule has 5 nitrogen and oxygen atoms in total. The van der Waals surface area contributed by atoms with Gasteiger partial charge in [-0.25, -0.2) is 4.98 Å². The third-order valence-corrected chi connectivity index (χ3v) is 14.3. The van der Waals surface area contributed by atoms with Crippen LogP contribution in [0.25, 0.3) is 66.6 Å². The molecule has 13 rings (SSSR count). The van der Waals surface area contributed by atoms with E-state index >= 15 is 0 Å². The van der Waals surface area contributed by atoms with Gasteiger partial charge in [0.2, 0.25) is 6.34 Å². The zero-order valence-electron chi connectivity index (χ0n) is 51.5. The number of allylic oxidation sites excluding steroid dienone is 2. The zero-order valence-corrected chi connectivity index (χ0v) is 43.8. The minimum absolute atomic E-state index is 0. The SMILES string of the molecule is [2H]c1c([2H])c([2H])c(C2=CC3c4ccccc4-c4cc(C(C)(C)C)ccc4-c4cccc(-c5c([2H])c([2H])c([2H])c([2H])c5[2H])c4[N+]4=[C-]N(c5[c-]c(Oc6[c-]c7c(cc6)c6ccccc6n7-c6cc(C(C)(C)C)ccn6)ccc5)C(=C2)C34)c([2H])c1[2H].[Pt]. The van der Waals surface area contributed by atoms with E-state index in [0.717, 1.165) is 61.0 Å². The van der Waals surface area contributed by atoms with Gasteiger partial charge < -0.3 is 18.8 Å². The first-order chi connectivity index (χ1) is 39.6. The molecule has 2 aromatic heterocycles. The van der Waals surface area contributed by atoms with E-state index < -0.39 is 48.2 Å². The zero-order chi connectivity index (χ0) is 58.3. The number of aromatic nitrogens is 2. The van der Waals surface area contributed by atoms with Gasteiger partial charge in [-0.15, -0.1) is 29.7 Å². The fourth-order valence-corrected chi connectivity index (χ4v) is 10.7. The molecule has 74 heavy (non-hydrogen) atoms. The maximum Gasteiger partial charge on any atom is 0.243 e. The van der Waals surface area contributed by atoms with Crippen LogP contribution in [-0.2, 0) is 31.9 Å². The Hall–Kier alpha value is -7.85. The molecule has 0 radical (unpaired) electrons. The number of anilines is 1. The molecule has 0 fully saturated rings. The Kier molecular flexibility index (Phi) is 9.12. The minimum Gasteiger partial charge on any atom is -0.510 e. The monoisotopic (exact) mass is 1150 g/mol. The molecule has 0 spiro atoms. The van der Waals surface area contributed by atoms with Crippen molar-refractivity contribution in [1.82, 2.24) is 9.55 Å². The van der Waals surface area contributed by atoms with Crippen LogP contribution in [0.1, 0.15) is 83.4 Å². The van der Waals surface area contributed by atoms with Crippen molar-refractivity contribution in [1.29, 1.82) is 0 Å². The molecule has 0 bridgehead atoms. The van der Waals surface area contributed by atoms with E-state index in [9.17, 15) is 5.48 Å². The summed E-state index contributed by atoms with van der Waals surface area (Å²) < 4.78 is 101. The molecule has 10 aromatic rings. The number of hydrogen-bond acceptors (Lipinski definition) is 3. The molecule has 6 heteroatoms. The van der Waals surface area contributed by atoms with Crippen molar-refractivity contribution in [3.63, 3.8) is 0 Å². The molecule has 2 unspecified atom stereocenters. The van der Waals surface area contributed by atoms with Crippen LogP contribution in [0.5, 0.6) is 11.5 Å². The molecule has 0 amide bonds. The average Bonchev–Trinajstić information content (AvgIpc) is 1.66. The van der Waals surface area contributed by atoms with Gasteiger partial charge in [-0.3, -0.25) is 0 Å². The van der Waals surface area contributed by atoms with Crippen LogP contribution in [0.2, 0.25) is 0 Å². The second-order valence-corrected chi connectivity index (χ2v) is 20.9. The fraction of sp³-hybridized carbons (Fsp3) is 0.147. The standard InChI is InChI=1S/C68H54N4O.Pt/c1-67(2,3)47-31-33-55-58-29-18-28-52(45-21-11-8-12-22-45)65(58)71-43-70(63-38-46(44-19-9-7-10-20-44)37-60(66(63)71)54-26-14-13-25-53(54)59(55)39-47)49-23-17-24-50(41-49)73-51-32-34-57-56-27-15-16-30-61(56)72(62(57)42-51)64-40-48(35-36-69-64)68(4,5)6;/h7-40,60,66H,1-6H3;/q-2;/i7D,8D,9D,10D,11D,12D,19D,20D,21D,22D;. The van der Waals surface area contributed by atoms with Crippen molar-refractivity contribution in [2.45, 2.75) is 64.3 Å². The van der Waals surface area contributed by atoms with Crippen LogP contribution in [-0.4, -0.2) is 26.5 Å².